The van der Waals surface area contributed by atoms with Gasteiger partial charge in [-0.15, -0.1) is 11.6 Å². The normalized spacial score (nSPS) is 21.8. The van der Waals surface area contributed by atoms with Gasteiger partial charge in [0, 0.05) is 5.38 Å². The molecule has 0 spiro atoms. The van der Waals surface area contributed by atoms with E-state index in [2.05, 4.69) is 13.8 Å². The van der Waals surface area contributed by atoms with Crippen LogP contribution >= 0.6 is 11.6 Å². The van der Waals surface area contributed by atoms with E-state index in [9.17, 15) is 0 Å². The van der Waals surface area contributed by atoms with Crippen molar-refractivity contribution in [2.45, 2.75) is 51.3 Å². The Balaban J connectivity index is 2.01. The maximum Gasteiger partial charge on any atom is 0.0359 e. The average molecular weight is 175 g/mol. The maximum absolute atomic E-state index is 6.14. The molecule has 0 aromatic carbocycles. The predicted molar refractivity (Wildman–Crippen MR) is 51.1 cm³/mol. The summed E-state index contributed by atoms with van der Waals surface area (Å²) in [5, 5.41) is 0.413. The first kappa shape index (κ1) is 9.38. The van der Waals surface area contributed by atoms with Crippen LogP contribution in [0.2, 0.25) is 0 Å². The SMILES string of the molecule is CC(C)C(Cl)CCC1CCC1. The van der Waals surface area contributed by atoms with Crippen LogP contribution < -0.4 is 0 Å². The first-order chi connectivity index (χ1) is 5.20. The molecule has 0 amide bonds. The number of alkyl halides is 1. The first-order valence-electron chi connectivity index (χ1n) is 4.84. The molecule has 66 valence electrons. The van der Waals surface area contributed by atoms with E-state index in [1.54, 1.807) is 0 Å². The molecule has 0 N–H and O–H groups in total. The third kappa shape index (κ3) is 3.02. The van der Waals surface area contributed by atoms with E-state index in [0.717, 1.165) is 5.92 Å². The highest BCUT2D eigenvalue weighted by molar-refractivity contribution is 6.20. The van der Waals surface area contributed by atoms with Crippen molar-refractivity contribution in [2.75, 3.05) is 0 Å². The molecule has 11 heavy (non-hydrogen) atoms. The van der Waals surface area contributed by atoms with E-state index < -0.39 is 0 Å². The van der Waals surface area contributed by atoms with Gasteiger partial charge in [0.15, 0.2) is 0 Å². The van der Waals surface area contributed by atoms with E-state index in [1.165, 1.54) is 32.1 Å². The van der Waals surface area contributed by atoms with Crippen LogP contribution in [0.15, 0.2) is 0 Å². The summed E-state index contributed by atoms with van der Waals surface area (Å²) in [7, 11) is 0. The molecule has 0 nitrogen and oxygen atoms in total. The number of hydrogen-bond donors (Lipinski definition) is 0. The molecule has 0 saturated heterocycles. The predicted octanol–water partition coefficient (Wildman–Crippen LogP) is 3.83. The average Bonchev–Trinajstić information content (AvgIpc) is 1.83. The lowest BCUT2D eigenvalue weighted by atomic mass is 9.81. The highest BCUT2D eigenvalue weighted by Gasteiger charge is 2.19. The standard InChI is InChI=1S/C10H19Cl/c1-8(2)10(11)7-6-9-4-3-5-9/h8-10H,3-7H2,1-2H3. The van der Waals surface area contributed by atoms with Crippen molar-refractivity contribution in [1.29, 1.82) is 0 Å². The minimum absolute atomic E-state index is 0.413. The second-order valence-corrected chi connectivity index (χ2v) is 4.69. The van der Waals surface area contributed by atoms with Gasteiger partial charge in [-0.25, -0.2) is 0 Å². The summed E-state index contributed by atoms with van der Waals surface area (Å²) in [5.41, 5.74) is 0. The minimum atomic E-state index is 0.413. The Bertz CT molecular complexity index is 105. The van der Waals surface area contributed by atoms with Crippen LogP contribution in [0.3, 0.4) is 0 Å². The smallest absolute Gasteiger partial charge is 0.0359 e. The van der Waals surface area contributed by atoms with Gasteiger partial charge in [-0.05, 0) is 24.7 Å². The van der Waals surface area contributed by atoms with Gasteiger partial charge in [0.1, 0.15) is 0 Å². The van der Waals surface area contributed by atoms with Crippen molar-refractivity contribution in [1.82, 2.24) is 0 Å². The molecule has 0 aliphatic heterocycles. The molecule has 1 saturated carbocycles. The fourth-order valence-corrected chi connectivity index (χ4v) is 1.64. The zero-order valence-corrected chi connectivity index (χ0v) is 8.40. The summed E-state index contributed by atoms with van der Waals surface area (Å²) in [4.78, 5) is 0. The lowest BCUT2D eigenvalue weighted by Gasteiger charge is -2.26. The van der Waals surface area contributed by atoms with Crippen LogP contribution in [0.1, 0.15) is 46.0 Å². The van der Waals surface area contributed by atoms with Crippen LogP contribution in [0.5, 0.6) is 0 Å². The van der Waals surface area contributed by atoms with Gasteiger partial charge in [-0.2, -0.15) is 0 Å². The van der Waals surface area contributed by atoms with Crippen molar-refractivity contribution in [3.05, 3.63) is 0 Å². The van der Waals surface area contributed by atoms with Gasteiger partial charge in [0.05, 0.1) is 0 Å². The Hall–Kier alpha value is 0.290. The molecule has 1 unspecified atom stereocenters. The zero-order valence-electron chi connectivity index (χ0n) is 7.65. The number of hydrogen-bond acceptors (Lipinski definition) is 0. The molecule has 0 heterocycles. The van der Waals surface area contributed by atoms with Gasteiger partial charge in [-0.1, -0.05) is 33.1 Å². The van der Waals surface area contributed by atoms with Crippen LogP contribution in [0.4, 0.5) is 0 Å². The molecule has 1 atom stereocenters. The Kier molecular flexibility index (Phi) is 3.71. The molecular weight excluding hydrogens is 156 g/mol. The van der Waals surface area contributed by atoms with Crippen LogP contribution in [-0.4, -0.2) is 5.38 Å². The van der Waals surface area contributed by atoms with E-state index in [0.29, 0.717) is 11.3 Å². The topological polar surface area (TPSA) is 0 Å². The van der Waals surface area contributed by atoms with Crippen molar-refractivity contribution in [3.63, 3.8) is 0 Å². The summed E-state index contributed by atoms with van der Waals surface area (Å²) >= 11 is 6.14. The Labute approximate surface area is 75.3 Å². The summed E-state index contributed by atoms with van der Waals surface area (Å²) in [6, 6.07) is 0. The Morgan fingerprint density at radius 1 is 1.36 bits per heavy atom. The minimum Gasteiger partial charge on any atom is -0.123 e. The highest BCUT2D eigenvalue weighted by atomic mass is 35.5. The molecule has 1 aliphatic rings. The molecular formula is C10H19Cl. The number of rotatable bonds is 4. The highest BCUT2D eigenvalue weighted by Crippen LogP contribution is 2.32. The van der Waals surface area contributed by atoms with Crippen molar-refractivity contribution < 1.29 is 0 Å². The summed E-state index contributed by atoms with van der Waals surface area (Å²) in [6.45, 7) is 4.41. The molecule has 0 radical (unpaired) electrons. The van der Waals surface area contributed by atoms with Crippen LogP contribution in [0.25, 0.3) is 0 Å². The lowest BCUT2D eigenvalue weighted by Crippen LogP contribution is -2.15. The lowest BCUT2D eigenvalue weighted by molar-refractivity contribution is 0.283. The molecule has 0 aromatic rings. The fraction of sp³-hybridized carbons (Fsp3) is 1.00. The molecule has 0 bridgehead atoms. The van der Waals surface area contributed by atoms with E-state index in [1.807, 2.05) is 0 Å². The second-order valence-electron chi connectivity index (χ2n) is 4.13. The summed E-state index contributed by atoms with van der Waals surface area (Å²) < 4.78 is 0. The summed E-state index contributed by atoms with van der Waals surface area (Å²) in [5.74, 6) is 1.67. The van der Waals surface area contributed by atoms with Crippen LogP contribution in [-0.2, 0) is 0 Å². The maximum atomic E-state index is 6.14. The third-order valence-electron chi connectivity index (χ3n) is 2.80. The van der Waals surface area contributed by atoms with E-state index in [4.69, 9.17) is 11.6 Å². The third-order valence-corrected chi connectivity index (χ3v) is 3.52. The molecule has 1 aliphatic carbocycles. The number of halogens is 1. The Morgan fingerprint density at radius 3 is 2.36 bits per heavy atom. The van der Waals surface area contributed by atoms with E-state index >= 15 is 0 Å². The molecule has 1 heteroatoms. The molecule has 0 aromatic heterocycles. The molecule has 1 fully saturated rings. The molecule has 1 rings (SSSR count). The largest absolute Gasteiger partial charge is 0.123 e. The van der Waals surface area contributed by atoms with E-state index in [-0.39, 0.29) is 0 Å². The van der Waals surface area contributed by atoms with Crippen LogP contribution in [0, 0.1) is 11.8 Å². The van der Waals surface area contributed by atoms with Gasteiger partial charge in [0.25, 0.3) is 0 Å². The monoisotopic (exact) mass is 174 g/mol. The van der Waals surface area contributed by atoms with Crippen molar-refractivity contribution >= 4 is 11.6 Å². The Morgan fingerprint density at radius 2 is 2.00 bits per heavy atom. The van der Waals surface area contributed by atoms with Gasteiger partial charge >= 0.3 is 0 Å². The summed E-state index contributed by atoms with van der Waals surface area (Å²) in [6.07, 6.45) is 6.97. The second kappa shape index (κ2) is 4.35. The van der Waals surface area contributed by atoms with Gasteiger partial charge in [-0.3, -0.25) is 0 Å². The van der Waals surface area contributed by atoms with Crippen molar-refractivity contribution in [2.24, 2.45) is 11.8 Å². The zero-order chi connectivity index (χ0) is 8.27. The fourth-order valence-electron chi connectivity index (χ4n) is 1.51. The van der Waals surface area contributed by atoms with Gasteiger partial charge in [0.2, 0.25) is 0 Å². The van der Waals surface area contributed by atoms with Crippen molar-refractivity contribution in [3.8, 4) is 0 Å². The van der Waals surface area contributed by atoms with Gasteiger partial charge < -0.3 is 0 Å². The quantitative estimate of drug-likeness (QED) is 0.569. The first-order valence-corrected chi connectivity index (χ1v) is 5.28.